The molecule has 95 valence electrons. The van der Waals surface area contributed by atoms with Gasteiger partial charge in [-0.05, 0) is 49.9 Å². The highest BCUT2D eigenvalue weighted by atomic mass is 16.6. The van der Waals surface area contributed by atoms with Gasteiger partial charge in [0.2, 0.25) is 0 Å². The van der Waals surface area contributed by atoms with Crippen LogP contribution in [0.5, 0.6) is 0 Å². The first-order valence-corrected chi connectivity index (χ1v) is 6.90. The second kappa shape index (κ2) is 6.05. The molecule has 16 heavy (non-hydrogen) atoms. The smallest absolute Gasteiger partial charge is 0.123 e. The summed E-state index contributed by atoms with van der Waals surface area (Å²) in [5.41, 5.74) is 0. The van der Waals surface area contributed by atoms with Crippen molar-refractivity contribution < 1.29 is 4.74 Å². The molecule has 0 amide bonds. The van der Waals surface area contributed by atoms with Crippen LogP contribution in [0.4, 0.5) is 0 Å². The number of rotatable bonds is 7. The highest BCUT2D eigenvalue weighted by Gasteiger charge is 2.40. The predicted octanol–water partition coefficient (Wildman–Crippen LogP) is 4.67. The monoisotopic (exact) mass is 225 g/mol. The minimum Gasteiger partial charge on any atom is -0.363 e. The van der Waals surface area contributed by atoms with Gasteiger partial charge in [-0.25, -0.2) is 0 Å². The van der Waals surface area contributed by atoms with E-state index in [0.717, 1.165) is 17.8 Å². The topological polar surface area (TPSA) is 12.5 Å². The number of ether oxygens (including phenoxy) is 1. The van der Waals surface area contributed by atoms with E-state index in [0.29, 0.717) is 12.0 Å². The lowest BCUT2D eigenvalue weighted by Gasteiger charge is -2.21. The van der Waals surface area contributed by atoms with Crippen LogP contribution in [0.3, 0.4) is 0 Å². The third-order valence-corrected chi connectivity index (χ3v) is 3.63. The largest absolute Gasteiger partial charge is 0.363 e. The Morgan fingerprint density at radius 2 is 1.44 bits per heavy atom. The second-order valence-electron chi connectivity index (χ2n) is 6.44. The van der Waals surface area contributed by atoms with Crippen LogP contribution in [-0.4, -0.2) is 6.10 Å². The fraction of sp³-hybridized carbons (Fsp3) is 0.933. The summed E-state index contributed by atoms with van der Waals surface area (Å²) in [6, 6.07) is 0. The van der Waals surface area contributed by atoms with Crippen molar-refractivity contribution in [3.8, 4) is 0 Å². The number of hydrogen-bond donors (Lipinski definition) is 0. The first-order valence-electron chi connectivity index (χ1n) is 6.90. The average molecular weight is 225 g/mol. The molecular formula is C15H29O. The molecular weight excluding hydrogens is 196 g/mol. The molecule has 1 rings (SSSR count). The van der Waals surface area contributed by atoms with Crippen molar-refractivity contribution in [1.29, 1.82) is 0 Å². The Bertz CT molecular complexity index is 200. The normalized spacial score (nSPS) is 26.8. The zero-order valence-electron chi connectivity index (χ0n) is 11.9. The van der Waals surface area contributed by atoms with Gasteiger partial charge in [0.1, 0.15) is 6.10 Å². The fourth-order valence-electron chi connectivity index (χ4n) is 3.13. The highest BCUT2D eigenvalue weighted by Crippen LogP contribution is 2.39. The molecule has 0 aliphatic carbocycles. The summed E-state index contributed by atoms with van der Waals surface area (Å²) in [6.45, 7) is 13.9. The van der Waals surface area contributed by atoms with Crippen molar-refractivity contribution in [2.45, 2.75) is 66.9 Å². The molecule has 1 aliphatic heterocycles. The maximum Gasteiger partial charge on any atom is 0.123 e. The first kappa shape index (κ1) is 14.0. The van der Waals surface area contributed by atoms with Gasteiger partial charge < -0.3 is 4.74 Å². The lowest BCUT2D eigenvalue weighted by Crippen LogP contribution is -2.12. The van der Waals surface area contributed by atoms with Crippen LogP contribution in [0.2, 0.25) is 0 Å². The van der Waals surface area contributed by atoms with Crippen LogP contribution in [0, 0.1) is 29.8 Å². The summed E-state index contributed by atoms with van der Waals surface area (Å²) >= 11 is 0. The molecule has 0 N–H and O–H groups in total. The molecule has 4 atom stereocenters. The van der Waals surface area contributed by atoms with Gasteiger partial charge in [-0.2, -0.15) is 0 Å². The molecule has 0 aromatic heterocycles. The Morgan fingerprint density at radius 3 is 1.88 bits per heavy atom. The molecule has 1 saturated heterocycles. The molecule has 2 unspecified atom stereocenters. The number of hydrogen-bond acceptors (Lipinski definition) is 1. The van der Waals surface area contributed by atoms with Crippen LogP contribution in [0.25, 0.3) is 0 Å². The Morgan fingerprint density at radius 1 is 0.938 bits per heavy atom. The Hall–Kier alpha value is -0.0400. The first-order chi connectivity index (χ1) is 7.40. The van der Waals surface area contributed by atoms with Gasteiger partial charge >= 0.3 is 0 Å². The summed E-state index contributed by atoms with van der Waals surface area (Å²) in [6.07, 6.45) is 5.76. The van der Waals surface area contributed by atoms with E-state index in [2.05, 4.69) is 41.5 Å². The maximum absolute atomic E-state index is 5.47. The maximum atomic E-state index is 5.47. The van der Waals surface area contributed by atoms with E-state index in [1.165, 1.54) is 25.4 Å². The molecule has 1 fully saturated rings. The lowest BCUT2D eigenvalue weighted by molar-refractivity contribution is 0.272. The molecule has 1 heterocycles. The van der Waals surface area contributed by atoms with Crippen molar-refractivity contribution in [2.24, 2.45) is 23.7 Å². The quantitative estimate of drug-likeness (QED) is 0.573. The van der Waals surface area contributed by atoms with Gasteiger partial charge in [0.25, 0.3) is 0 Å². The molecule has 0 saturated carbocycles. The van der Waals surface area contributed by atoms with Crippen LogP contribution >= 0.6 is 0 Å². The van der Waals surface area contributed by atoms with Crippen molar-refractivity contribution >= 4 is 0 Å². The molecule has 0 aromatic rings. The highest BCUT2D eigenvalue weighted by molar-refractivity contribution is 5.01. The van der Waals surface area contributed by atoms with E-state index >= 15 is 0 Å². The standard InChI is InChI=1S/C15H29O/c1-10(2)7-11(3)8-12(4)9-13(5)15-14(6)16-15/h10-13,15H,7-9H2,1-6H3/t11?,12?,13-,15-/m1/s1. The van der Waals surface area contributed by atoms with E-state index in [-0.39, 0.29) is 0 Å². The van der Waals surface area contributed by atoms with Gasteiger partial charge in [0.05, 0.1) is 6.10 Å². The SMILES string of the molecule is C[C]1O[C@@H]1[C@H](C)CC(C)CC(C)CC(C)C. The lowest BCUT2D eigenvalue weighted by atomic mass is 9.85. The van der Waals surface area contributed by atoms with Crippen molar-refractivity contribution in [2.75, 3.05) is 0 Å². The Labute approximate surface area is 102 Å². The third kappa shape index (κ3) is 4.86. The average Bonchev–Trinajstić information content (AvgIpc) is 2.79. The minimum atomic E-state index is 0.475. The predicted molar refractivity (Wildman–Crippen MR) is 70.0 cm³/mol. The Kier molecular flexibility index (Phi) is 5.30. The molecule has 1 heteroatoms. The zero-order valence-corrected chi connectivity index (χ0v) is 11.9. The zero-order chi connectivity index (χ0) is 12.3. The molecule has 1 aliphatic rings. The van der Waals surface area contributed by atoms with Crippen LogP contribution in [0.15, 0.2) is 0 Å². The van der Waals surface area contributed by atoms with E-state index in [1.54, 1.807) is 0 Å². The summed E-state index contributed by atoms with van der Waals surface area (Å²) in [5.74, 6) is 3.25. The fourth-order valence-corrected chi connectivity index (χ4v) is 3.13. The van der Waals surface area contributed by atoms with Gasteiger partial charge in [-0.3, -0.25) is 0 Å². The minimum absolute atomic E-state index is 0.475. The summed E-state index contributed by atoms with van der Waals surface area (Å²) in [7, 11) is 0. The third-order valence-electron chi connectivity index (χ3n) is 3.63. The second-order valence-corrected chi connectivity index (χ2v) is 6.44. The molecule has 1 nitrogen and oxygen atoms in total. The molecule has 0 spiro atoms. The number of epoxide rings is 1. The molecule has 0 bridgehead atoms. The van der Waals surface area contributed by atoms with Crippen LogP contribution in [-0.2, 0) is 4.74 Å². The van der Waals surface area contributed by atoms with Crippen molar-refractivity contribution in [3.63, 3.8) is 0 Å². The van der Waals surface area contributed by atoms with Gasteiger partial charge in [0.15, 0.2) is 0 Å². The van der Waals surface area contributed by atoms with E-state index in [9.17, 15) is 0 Å². The van der Waals surface area contributed by atoms with E-state index in [1.807, 2.05) is 0 Å². The van der Waals surface area contributed by atoms with Gasteiger partial charge in [-0.1, -0.05) is 34.6 Å². The van der Waals surface area contributed by atoms with E-state index < -0.39 is 0 Å². The van der Waals surface area contributed by atoms with E-state index in [4.69, 9.17) is 4.74 Å². The molecule has 0 aromatic carbocycles. The van der Waals surface area contributed by atoms with Crippen LogP contribution in [0.1, 0.15) is 60.8 Å². The van der Waals surface area contributed by atoms with Gasteiger partial charge in [-0.15, -0.1) is 0 Å². The van der Waals surface area contributed by atoms with Gasteiger partial charge in [0, 0.05) is 0 Å². The summed E-state index contributed by atoms with van der Waals surface area (Å²) < 4.78 is 5.47. The van der Waals surface area contributed by atoms with Crippen LogP contribution < -0.4 is 0 Å². The van der Waals surface area contributed by atoms with Crippen molar-refractivity contribution in [3.05, 3.63) is 6.10 Å². The summed E-state index contributed by atoms with van der Waals surface area (Å²) in [4.78, 5) is 0. The summed E-state index contributed by atoms with van der Waals surface area (Å²) in [5, 5.41) is 0. The molecule has 1 radical (unpaired) electrons. The van der Waals surface area contributed by atoms with Crippen molar-refractivity contribution in [1.82, 2.24) is 0 Å². The Balaban J connectivity index is 2.16.